The standard InChI is InChI=1S/C19H27Br/c20-18-9-13-2-14(10-18)8-17(7-13)19(18)15-3-11-1-12(5-15)6-16(19)4-11/h11-17H,1-10H2/t11?,12?,13-,14+,15?,16?,17?,18?,19?. The van der Waals surface area contributed by atoms with Crippen LogP contribution in [0.4, 0.5) is 0 Å². The Morgan fingerprint density at radius 2 is 0.950 bits per heavy atom. The normalized spacial score (nSPS) is 69.2. The van der Waals surface area contributed by atoms with Crippen molar-refractivity contribution >= 4 is 15.9 Å². The molecular formula is C19H27Br. The molecule has 0 aromatic rings. The fourth-order valence-electron chi connectivity index (χ4n) is 9.37. The Kier molecular flexibility index (Phi) is 2.11. The fraction of sp³-hybridized carbons (Fsp3) is 1.00. The molecule has 0 aromatic heterocycles. The Hall–Kier alpha value is 0.480. The van der Waals surface area contributed by atoms with Gasteiger partial charge in [0.2, 0.25) is 0 Å². The predicted molar refractivity (Wildman–Crippen MR) is 84.7 cm³/mol. The Morgan fingerprint density at radius 1 is 0.550 bits per heavy atom. The van der Waals surface area contributed by atoms with Crippen molar-refractivity contribution in [3.05, 3.63) is 0 Å². The third-order valence-electron chi connectivity index (χ3n) is 9.07. The van der Waals surface area contributed by atoms with E-state index in [1.54, 1.807) is 64.2 Å². The second-order valence-corrected chi connectivity index (χ2v) is 11.3. The zero-order chi connectivity index (χ0) is 13.1. The molecule has 8 rings (SSSR count). The third-order valence-corrected chi connectivity index (χ3v) is 10.4. The first-order valence-electron chi connectivity index (χ1n) is 9.36. The molecule has 8 bridgehead atoms. The molecule has 110 valence electrons. The van der Waals surface area contributed by atoms with Crippen LogP contribution in [0.5, 0.6) is 0 Å². The summed E-state index contributed by atoms with van der Waals surface area (Å²) >= 11 is 4.47. The van der Waals surface area contributed by atoms with Crippen LogP contribution in [0, 0.1) is 46.8 Å². The summed E-state index contributed by atoms with van der Waals surface area (Å²) in [6, 6.07) is 0. The van der Waals surface area contributed by atoms with Crippen LogP contribution in [0.1, 0.15) is 64.2 Å². The van der Waals surface area contributed by atoms with E-state index >= 15 is 0 Å². The molecule has 0 N–H and O–H groups in total. The quantitative estimate of drug-likeness (QED) is 0.520. The lowest BCUT2D eigenvalue weighted by Gasteiger charge is -2.75. The van der Waals surface area contributed by atoms with Gasteiger partial charge in [0.1, 0.15) is 0 Å². The molecule has 8 fully saturated rings. The first-order valence-corrected chi connectivity index (χ1v) is 10.2. The summed E-state index contributed by atoms with van der Waals surface area (Å²) in [6.07, 6.45) is 16.0. The van der Waals surface area contributed by atoms with Gasteiger partial charge in [-0.15, -0.1) is 0 Å². The van der Waals surface area contributed by atoms with E-state index in [0.29, 0.717) is 4.32 Å². The van der Waals surface area contributed by atoms with Crippen LogP contribution in [0.3, 0.4) is 0 Å². The molecule has 0 nitrogen and oxygen atoms in total. The zero-order valence-electron chi connectivity index (χ0n) is 12.5. The minimum Gasteiger partial charge on any atom is -0.0847 e. The molecule has 0 heterocycles. The Balaban J connectivity index is 1.52. The molecule has 0 aromatic carbocycles. The lowest BCUT2D eigenvalue weighted by molar-refractivity contribution is -0.219. The van der Waals surface area contributed by atoms with Crippen LogP contribution in [-0.2, 0) is 0 Å². The predicted octanol–water partition coefficient (Wildman–Crippen LogP) is 5.40. The number of hydrogen-bond donors (Lipinski definition) is 0. The van der Waals surface area contributed by atoms with Crippen molar-refractivity contribution in [3.63, 3.8) is 0 Å². The molecule has 8 aliphatic carbocycles. The van der Waals surface area contributed by atoms with Gasteiger partial charge in [-0.05, 0) is 111 Å². The maximum Gasteiger partial charge on any atom is 0.0327 e. The number of hydrogen-bond acceptors (Lipinski definition) is 0. The number of rotatable bonds is 0. The summed E-state index contributed by atoms with van der Waals surface area (Å²) in [4.78, 5) is 0. The molecule has 2 unspecified atom stereocenters. The van der Waals surface area contributed by atoms with Crippen LogP contribution in [0.15, 0.2) is 0 Å². The van der Waals surface area contributed by atoms with Gasteiger partial charge in [0.25, 0.3) is 0 Å². The summed E-state index contributed by atoms with van der Waals surface area (Å²) in [7, 11) is 0. The monoisotopic (exact) mass is 334 g/mol. The maximum absolute atomic E-state index is 4.47. The molecule has 8 aliphatic rings. The van der Waals surface area contributed by atoms with Crippen LogP contribution in [0.2, 0.25) is 0 Å². The molecule has 4 atom stereocenters. The second-order valence-electron chi connectivity index (χ2n) is 9.75. The first kappa shape index (κ1) is 12.0. The van der Waals surface area contributed by atoms with Crippen LogP contribution in [-0.4, -0.2) is 4.32 Å². The van der Waals surface area contributed by atoms with E-state index in [1.165, 1.54) is 0 Å². The van der Waals surface area contributed by atoms with Crippen molar-refractivity contribution in [1.29, 1.82) is 0 Å². The third kappa shape index (κ3) is 1.17. The first-order chi connectivity index (χ1) is 9.67. The van der Waals surface area contributed by atoms with E-state index < -0.39 is 0 Å². The molecule has 20 heavy (non-hydrogen) atoms. The van der Waals surface area contributed by atoms with Gasteiger partial charge in [0, 0.05) is 4.32 Å². The van der Waals surface area contributed by atoms with Crippen molar-refractivity contribution in [2.75, 3.05) is 0 Å². The highest BCUT2D eigenvalue weighted by Gasteiger charge is 2.72. The summed E-state index contributed by atoms with van der Waals surface area (Å²) in [5, 5.41) is 0. The highest BCUT2D eigenvalue weighted by Crippen LogP contribution is 2.78. The van der Waals surface area contributed by atoms with Gasteiger partial charge in [-0.2, -0.15) is 0 Å². The Morgan fingerprint density at radius 3 is 1.40 bits per heavy atom. The van der Waals surface area contributed by atoms with E-state index in [-0.39, 0.29) is 0 Å². The molecule has 1 spiro atoms. The molecule has 0 amide bonds. The topological polar surface area (TPSA) is 0 Å². The van der Waals surface area contributed by atoms with Crippen LogP contribution < -0.4 is 0 Å². The van der Waals surface area contributed by atoms with Gasteiger partial charge >= 0.3 is 0 Å². The zero-order valence-corrected chi connectivity index (χ0v) is 14.1. The second kappa shape index (κ2) is 3.52. The average molecular weight is 335 g/mol. The summed E-state index contributed by atoms with van der Waals surface area (Å²) in [5.41, 5.74) is 0.758. The van der Waals surface area contributed by atoms with Crippen molar-refractivity contribution in [3.8, 4) is 0 Å². The SMILES string of the molecule is BrC12C[C@@H]3CC(C[C@@H](C3)C1)C21C2CC3CC(C2)CC1C3. The lowest BCUT2D eigenvalue weighted by Crippen LogP contribution is -2.71. The molecule has 0 saturated heterocycles. The minimum atomic E-state index is 0.581. The highest BCUT2D eigenvalue weighted by atomic mass is 79.9. The van der Waals surface area contributed by atoms with Gasteiger partial charge in [-0.25, -0.2) is 0 Å². The molecule has 0 radical (unpaired) electrons. The minimum absolute atomic E-state index is 0.581. The largest absolute Gasteiger partial charge is 0.0847 e. The number of alkyl halides is 1. The van der Waals surface area contributed by atoms with E-state index in [0.717, 1.165) is 46.8 Å². The molecular weight excluding hydrogens is 308 g/mol. The van der Waals surface area contributed by atoms with Gasteiger partial charge in [0.05, 0.1) is 0 Å². The van der Waals surface area contributed by atoms with Crippen LogP contribution in [0.25, 0.3) is 0 Å². The van der Waals surface area contributed by atoms with E-state index in [1.807, 2.05) is 0 Å². The number of halogens is 1. The van der Waals surface area contributed by atoms with Crippen LogP contribution >= 0.6 is 15.9 Å². The Bertz CT molecular complexity index is 411. The Labute approximate surface area is 131 Å². The smallest absolute Gasteiger partial charge is 0.0327 e. The summed E-state index contributed by atoms with van der Waals surface area (Å²) in [5.74, 6) is 7.80. The van der Waals surface area contributed by atoms with Crippen molar-refractivity contribution in [2.45, 2.75) is 68.5 Å². The van der Waals surface area contributed by atoms with Gasteiger partial charge in [-0.3, -0.25) is 0 Å². The lowest BCUT2D eigenvalue weighted by atomic mass is 9.32. The molecule has 0 aliphatic heterocycles. The van der Waals surface area contributed by atoms with Gasteiger partial charge in [0.15, 0.2) is 0 Å². The van der Waals surface area contributed by atoms with E-state index in [9.17, 15) is 0 Å². The molecule has 1 heteroatoms. The van der Waals surface area contributed by atoms with E-state index in [2.05, 4.69) is 15.9 Å². The van der Waals surface area contributed by atoms with Crippen molar-refractivity contribution in [1.82, 2.24) is 0 Å². The molecule has 8 saturated carbocycles. The van der Waals surface area contributed by atoms with Crippen molar-refractivity contribution < 1.29 is 0 Å². The summed E-state index contributed by atoms with van der Waals surface area (Å²) in [6.45, 7) is 0. The van der Waals surface area contributed by atoms with Crippen molar-refractivity contribution in [2.24, 2.45) is 46.8 Å². The van der Waals surface area contributed by atoms with E-state index in [4.69, 9.17) is 0 Å². The average Bonchev–Trinajstić information content (AvgIpc) is 2.34. The maximum atomic E-state index is 4.47. The fourth-order valence-corrected chi connectivity index (χ4v) is 11.3. The summed E-state index contributed by atoms with van der Waals surface area (Å²) < 4.78 is 0.581. The highest BCUT2D eigenvalue weighted by molar-refractivity contribution is 9.10. The van der Waals surface area contributed by atoms with Gasteiger partial charge < -0.3 is 0 Å². The van der Waals surface area contributed by atoms with Gasteiger partial charge in [-0.1, -0.05) is 15.9 Å².